The number of nitrogens with one attached hydrogen (secondary N) is 1. The molecule has 4 rings (SSSR count). The van der Waals surface area contributed by atoms with Gasteiger partial charge in [-0.25, -0.2) is 17.2 Å². The molecule has 34 heavy (non-hydrogen) atoms. The quantitative estimate of drug-likeness (QED) is 0.420. The first kappa shape index (κ1) is 23.4. The topological polar surface area (TPSA) is 95.2 Å². The third-order valence-corrected chi connectivity index (χ3v) is 6.56. The second kappa shape index (κ2) is 8.90. The second-order valence-electron chi connectivity index (χ2n) is 7.60. The van der Waals surface area contributed by atoms with Crippen LogP contribution in [-0.2, 0) is 23.6 Å². The summed E-state index contributed by atoms with van der Waals surface area (Å²) < 4.78 is 63.2. The smallest absolute Gasteiger partial charge is 0.261 e. The molecular formula is C23H22F2N4O4S. The number of hydrogen-bond donors (Lipinski definition) is 1. The third-order valence-electron chi connectivity index (χ3n) is 5.25. The van der Waals surface area contributed by atoms with Crippen LogP contribution in [0.5, 0.6) is 11.5 Å². The lowest BCUT2D eigenvalue weighted by Gasteiger charge is -2.15. The number of pyridine rings is 1. The Morgan fingerprint density at radius 1 is 1.03 bits per heavy atom. The molecule has 1 N–H and O–H groups in total. The molecule has 0 atom stereocenters. The number of anilines is 1. The van der Waals surface area contributed by atoms with Crippen molar-refractivity contribution in [2.75, 3.05) is 10.5 Å². The number of halogens is 2. The van der Waals surface area contributed by atoms with Crippen molar-refractivity contribution in [1.29, 1.82) is 0 Å². The van der Waals surface area contributed by atoms with E-state index in [9.17, 15) is 22.0 Å². The Morgan fingerprint density at radius 2 is 1.76 bits per heavy atom. The highest BCUT2D eigenvalue weighted by Gasteiger charge is 2.19. The highest BCUT2D eigenvalue weighted by Crippen LogP contribution is 2.38. The van der Waals surface area contributed by atoms with Crippen molar-refractivity contribution in [3.63, 3.8) is 0 Å². The van der Waals surface area contributed by atoms with Gasteiger partial charge < -0.3 is 9.30 Å². The number of ether oxygens (including phenoxy) is 1. The molecule has 0 saturated heterocycles. The van der Waals surface area contributed by atoms with E-state index in [-0.39, 0.29) is 28.5 Å². The predicted molar refractivity (Wildman–Crippen MR) is 126 cm³/mol. The van der Waals surface area contributed by atoms with Gasteiger partial charge in [0, 0.05) is 48.9 Å². The minimum atomic E-state index is -3.58. The van der Waals surface area contributed by atoms with Crippen molar-refractivity contribution in [2.24, 2.45) is 7.05 Å². The number of rotatable bonds is 7. The van der Waals surface area contributed by atoms with Gasteiger partial charge in [-0.2, -0.15) is 5.10 Å². The van der Waals surface area contributed by atoms with E-state index in [4.69, 9.17) is 4.74 Å². The van der Waals surface area contributed by atoms with E-state index in [2.05, 4.69) is 9.82 Å². The lowest BCUT2D eigenvalue weighted by Crippen LogP contribution is -2.16. The summed E-state index contributed by atoms with van der Waals surface area (Å²) in [7, 11) is -2.00. The van der Waals surface area contributed by atoms with Gasteiger partial charge in [0.15, 0.2) is 11.6 Å². The van der Waals surface area contributed by atoms with Gasteiger partial charge in [-0.1, -0.05) is 0 Å². The van der Waals surface area contributed by atoms with Gasteiger partial charge in [-0.15, -0.1) is 0 Å². The van der Waals surface area contributed by atoms with E-state index in [0.29, 0.717) is 34.6 Å². The maximum atomic E-state index is 14.3. The fourth-order valence-electron chi connectivity index (χ4n) is 3.46. The van der Waals surface area contributed by atoms with E-state index in [0.717, 1.165) is 12.1 Å². The van der Waals surface area contributed by atoms with Crippen molar-refractivity contribution >= 4 is 26.6 Å². The molecule has 2 heterocycles. The van der Waals surface area contributed by atoms with Gasteiger partial charge in [0.05, 0.1) is 11.1 Å². The van der Waals surface area contributed by atoms with Crippen molar-refractivity contribution in [2.45, 2.75) is 20.4 Å². The molecular weight excluding hydrogens is 466 g/mol. The first-order chi connectivity index (χ1) is 16.1. The van der Waals surface area contributed by atoms with Crippen LogP contribution in [0.3, 0.4) is 0 Å². The number of benzene rings is 2. The number of hydrogen-bond acceptors (Lipinski definition) is 5. The van der Waals surface area contributed by atoms with Crippen molar-refractivity contribution in [3.05, 3.63) is 70.8 Å². The molecule has 178 valence electrons. The Kier molecular flexibility index (Phi) is 6.13. The number of aromatic nitrogens is 3. The van der Waals surface area contributed by atoms with Crippen LogP contribution in [0.4, 0.5) is 14.5 Å². The Hall–Kier alpha value is -3.73. The maximum absolute atomic E-state index is 14.3. The molecule has 2 aromatic heterocycles. The molecule has 8 nitrogen and oxygen atoms in total. The molecule has 0 aliphatic heterocycles. The summed E-state index contributed by atoms with van der Waals surface area (Å²) in [6.07, 6.45) is 3.18. The summed E-state index contributed by atoms with van der Waals surface area (Å²) in [5, 5.41) is 4.85. The first-order valence-corrected chi connectivity index (χ1v) is 12.1. The van der Waals surface area contributed by atoms with Crippen LogP contribution in [0.25, 0.3) is 22.0 Å². The summed E-state index contributed by atoms with van der Waals surface area (Å²) >= 11 is 0. The first-order valence-electron chi connectivity index (χ1n) is 10.5. The Labute approximate surface area is 194 Å². The third kappa shape index (κ3) is 4.51. The van der Waals surface area contributed by atoms with E-state index in [1.54, 1.807) is 24.1 Å². The van der Waals surface area contributed by atoms with Gasteiger partial charge in [-0.3, -0.25) is 14.2 Å². The van der Waals surface area contributed by atoms with E-state index >= 15 is 0 Å². The van der Waals surface area contributed by atoms with E-state index in [1.165, 1.54) is 29.7 Å². The average Bonchev–Trinajstić information content (AvgIpc) is 3.24. The molecule has 0 bridgehead atoms. The van der Waals surface area contributed by atoms with Crippen LogP contribution in [0.2, 0.25) is 0 Å². The number of fused-ring (bicyclic) bond motifs is 1. The Balaban J connectivity index is 1.96. The van der Waals surface area contributed by atoms with Crippen molar-refractivity contribution in [3.8, 4) is 22.6 Å². The van der Waals surface area contributed by atoms with E-state index in [1.807, 2.05) is 6.92 Å². The van der Waals surface area contributed by atoms with Crippen LogP contribution < -0.4 is 15.0 Å². The normalized spacial score (nSPS) is 11.7. The van der Waals surface area contributed by atoms with Crippen LogP contribution >= 0.6 is 0 Å². The van der Waals surface area contributed by atoms with Gasteiger partial charge in [0.1, 0.15) is 17.1 Å². The van der Waals surface area contributed by atoms with Crippen LogP contribution in [0, 0.1) is 11.6 Å². The summed E-state index contributed by atoms with van der Waals surface area (Å²) in [6.45, 7) is 3.91. The molecule has 0 radical (unpaired) electrons. The lowest BCUT2D eigenvalue weighted by molar-refractivity contribution is 0.439. The molecule has 0 aliphatic rings. The zero-order chi connectivity index (χ0) is 24.6. The molecule has 0 spiro atoms. The molecule has 0 amide bonds. The highest BCUT2D eigenvalue weighted by molar-refractivity contribution is 7.92. The zero-order valence-electron chi connectivity index (χ0n) is 18.7. The number of aryl methyl sites for hydroxylation is 2. The van der Waals surface area contributed by atoms with Crippen LogP contribution in [0.15, 0.2) is 53.6 Å². The van der Waals surface area contributed by atoms with Gasteiger partial charge in [0.25, 0.3) is 5.56 Å². The molecule has 0 unspecified atom stereocenters. The zero-order valence-corrected chi connectivity index (χ0v) is 19.5. The Morgan fingerprint density at radius 3 is 2.44 bits per heavy atom. The van der Waals surface area contributed by atoms with E-state index < -0.39 is 21.7 Å². The lowest BCUT2D eigenvalue weighted by atomic mass is 10.0. The summed E-state index contributed by atoms with van der Waals surface area (Å²) in [5.41, 5.74) is 1.21. The summed E-state index contributed by atoms with van der Waals surface area (Å²) in [6, 6.07) is 7.39. The minimum absolute atomic E-state index is 0.133. The van der Waals surface area contributed by atoms with Gasteiger partial charge >= 0.3 is 0 Å². The molecule has 2 aromatic carbocycles. The minimum Gasteiger partial charge on any atom is -0.454 e. The van der Waals surface area contributed by atoms with Crippen LogP contribution in [0.1, 0.15) is 13.8 Å². The fraction of sp³-hybridized carbons (Fsp3) is 0.217. The fourth-order valence-corrected chi connectivity index (χ4v) is 4.09. The molecule has 11 heteroatoms. The van der Waals surface area contributed by atoms with Gasteiger partial charge in [0.2, 0.25) is 10.0 Å². The molecule has 0 fully saturated rings. The predicted octanol–water partition coefficient (Wildman–Crippen LogP) is 4.25. The largest absolute Gasteiger partial charge is 0.454 e. The average molecular weight is 489 g/mol. The van der Waals surface area contributed by atoms with Crippen molar-refractivity contribution < 1.29 is 21.9 Å². The summed E-state index contributed by atoms with van der Waals surface area (Å²) in [4.78, 5) is 12.7. The summed E-state index contributed by atoms with van der Waals surface area (Å²) in [5.74, 6) is -1.84. The Bertz CT molecular complexity index is 1560. The standard InChI is InChI=1S/C23H22F2N4O4S/c1-4-29-13-18-22(26-29)17(12-28(3)23(18)30)16-11-15(27-34(31,32)5-2)7-9-20(16)33-21-8-6-14(24)10-19(21)25/h6-13,27H,4-5H2,1-3H3. The maximum Gasteiger partial charge on any atom is 0.261 e. The molecule has 0 saturated carbocycles. The van der Waals surface area contributed by atoms with Crippen LogP contribution in [-0.4, -0.2) is 28.5 Å². The highest BCUT2D eigenvalue weighted by atomic mass is 32.2. The van der Waals surface area contributed by atoms with Gasteiger partial charge in [-0.05, 0) is 44.2 Å². The van der Waals surface area contributed by atoms with Crippen molar-refractivity contribution in [1.82, 2.24) is 14.3 Å². The second-order valence-corrected chi connectivity index (χ2v) is 9.61. The molecule has 0 aliphatic carbocycles. The number of sulfonamides is 1. The SMILES string of the molecule is CCn1cc2c(=O)n(C)cc(-c3cc(NS(=O)(=O)CC)ccc3Oc3ccc(F)cc3F)c2n1. The monoisotopic (exact) mass is 488 g/mol. The molecule has 4 aromatic rings. The number of nitrogens with zero attached hydrogens (tertiary/aromatic N) is 3.